The van der Waals surface area contributed by atoms with E-state index in [0.29, 0.717) is 32.1 Å². The van der Waals surface area contributed by atoms with Crippen LogP contribution in [-0.4, -0.2) is 51.1 Å². The van der Waals surface area contributed by atoms with Gasteiger partial charge in [-0.25, -0.2) is 13.4 Å². The number of ether oxygens (including phenoxy) is 2. The fraction of sp³-hybridized carbons (Fsp3) is 0.312. The van der Waals surface area contributed by atoms with Crippen LogP contribution in [0.3, 0.4) is 0 Å². The Balaban J connectivity index is 1.75. The second kappa shape index (κ2) is 7.16. The van der Waals surface area contributed by atoms with E-state index in [1.54, 1.807) is 19.2 Å². The predicted molar refractivity (Wildman–Crippen MR) is 90.1 cm³/mol. The van der Waals surface area contributed by atoms with Crippen molar-refractivity contribution in [3.8, 4) is 5.75 Å². The molecule has 0 atom stereocenters. The number of pyridine rings is 1. The molecule has 0 radical (unpaired) electrons. The average Bonchev–Trinajstić information content (AvgIpc) is 2.63. The van der Waals surface area contributed by atoms with Crippen molar-refractivity contribution in [2.24, 2.45) is 0 Å². The minimum Gasteiger partial charge on any atom is -0.497 e. The van der Waals surface area contributed by atoms with Crippen molar-refractivity contribution in [3.05, 3.63) is 42.6 Å². The van der Waals surface area contributed by atoms with Crippen molar-refractivity contribution in [1.29, 1.82) is 0 Å². The Kier molecular flexibility index (Phi) is 4.98. The summed E-state index contributed by atoms with van der Waals surface area (Å²) in [6.07, 6.45) is 1.37. The molecule has 8 heteroatoms. The molecule has 0 unspecified atom stereocenters. The van der Waals surface area contributed by atoms with E-state index in [9.17, 15) is 8.42 Å². The largest absolute Gasteiger partial charge is 0.497 e. The smallest absolute Gasteiger partial charge is 0.244 e. The number of hydrogen-bond acceptors (Lipinski definition) is 6. The molecule has 2 heterocycles. The van der Waals surface area contributed by atoms with Gasteiger partial charge in [0.15, 0.2) is 0 Å². The molecule has 1 aromatic heterocycles. The van der Waals surface area contributed by atoms with Crippen LogP contribution in [0.5, 0.6) is 5.75 Å². The molecule has 24 heavy (non-hydrogen) atoms. The topological polar surface area (TPSA) is 80.8 Å². The fourth-order valence-corrected chi connectivity index (χ4v) is 3.75. The number of nitrogens with zero attached hydrogens (tertiary/aromatic N) is 2. The van der Waals surface area contributed by atoms with Crippen LogP contribution in [0.2, 0.25) is 0 Å². The third-order valence-electron chi connectivity index (χ3n) is 3.69. The SMILES string of the molecule is COc1cccc(Nc2ccc(S(=O)(=O)N3CCOCC3)cn2)c1. The highest BCUT2D eigenvalue weighted by Gasteiger charge is 2.26. The summed E-state index contributed by atoms with van der Waals surface area (Å²) in [5, 5.41) is 3.12. The average molecular weight is 349 g/mol. The molecule has 1 saturated heterocycles. The molecule has 0 amide bonds. The zero-order valence-electron chi connectivity index (χ0n) is 13.3. The molecule has 1 N–H and O–H groups in total. The van der Waals surface area contributed by atoms with Gasteiger partial charge < -0.3 is 14.8 Å². The number of benzene rings is 1. The first-order valence-electron chi connectivity index (χ1n) is 7.54. The second-order valence-corrected chi connectivity index (χ2v) is 7.19. The number of anilines is 2. The third kappa shape index (κ3) is 3.66. The molecule has 7 nitrogen and oxygen atoms in total. The summed E-state index contributed by atoms with van der Waals surface area (Å²) in [6.45, 7) is 1.57. The quantitative estimate of drug-likeness (QED) is 0.887. The molecule has 2 aromatic rings. The molecular formula is C16H19N3O4S. The summed E-state index contributed by atoms with van der Waals surface area (Å²) >= 11 is 0. The molecule has 1 aromatic carbocycles. The number of rotatable bonds is 5. The highest BCUT2D eigenvalue weighted by Crippen LogP contribution is 2.22. The van der Waals surface area contributed by atoms with Gasteiger partial charge in [0.1, 0.15) is 16.5 Å². The Labute approximate surface area is 141 Å². The van der Waals surface area contributed by atoms with Crippen LogP contribution in [0.4, 0.5) is 11.5 Å². The van der Waals surface area contributed by atoms with Crippen molar-refractivity contribution in [1.82, 2.24) is 9.29 Å². The van der Waals surface area contributed by atoms with Gasteiger partial charge in [0.2, 0.25) is 10.0 Å². The van der Waals surface area contributed by atoms with Gasteiger partial charge in [-0.1, -0.05) is 6.07 Å². The minimum absolute atomic E-state index is 0.181. The Morgan fingerprint density at radius 2 is 2.00 bits per heavy atom. The summed E-state index contributed by atoms with van der Waals surface area (Å²) in [7, 11) is -1.92. The summed E-state index contributed by atoms with van der Waals surface area (Å²) in [4.78, 5) is 4.38. The van der Waals surface area contributed by atoms with Gasteiger partial charge in [-0.05, 0) is 24.3 Å². The lowest BCUT2D eigenvalue weighted by Gasteiger charge is -2.25. The second-order valence-electron chi connectivity index (χ2n) is 5.25. The van der Waals surface area contributed by atoms with Crippen LogP contribution < -0.4 is 10.1 Å². The standard InChI is InChI=1S/C16H19N3O4S/c1-22-14-4-2-3-13(11-14)18-16-6-5-15(12-17-16)24(20,21)19-7-9-23-10-8-19/h2-6,11-12H,7-10H2,1H3,(H,17,18). The first-order chi connectivity index (χ1) is 11.6. The molecule has 0 saturated carbocycles. The molecule has 0 aliphatic carbocycles. The Hall–Kier alpha value is -2.16. The number of methoxy groups -OCH3 is 1. The first kappa shape index (κ1) is 16.7. The summed E-state index contributed by atoms with van der Waals surface area (Å²) in [5.41, 5.74) is 0.811. The lowest BCUT2D eigenvalue weighted by molar-refractivity contribution is 0.0730. The van der Waals surface area contributed by atoms with Crippen LogP contribution >= 0.6 is 0 Å². The minimum atomic E-state index is -3.52. The number of sulfonamides is 1. The predicted octanol–water partition coefficient (Wildman–Crippen LogP) is 1.85. The van der Waals surface area contributed by atoms with Gasteiger partial charge in [0.25, 0.3) is 0 Å². The van der Waals surface area contributed by atoms with E-state index in [1.807, 2.05) is 24.3 Å². The summed E-state index contributed by atoms with van der Waals surface area (Å²) in [6, 6.07) is 10.6. The van der Waals surface area contributed by atoms with Crippen LogP contribution in [0.1, 0.15) is 0 Å². The van der Waals surface area contributed by atoms with Gasteiger partial charge in [0, 0.05) is 31.0 Å². The van der Waals surface area contributed by atoms with Crippen molar-refractivity contribution in [2.45, 2.75) is 4.90 Å². The van der Waals surface area contributed by atoms with Gasteiger partial charge >= 0.3 is 0 Å². The number of aromatic nitrogens is 1. The van der Waals surface area contributed by atoms with E-state index in [2.05, 4.69) is 10.3 Å². The van der Waals surface area contributed by atoms with Crippen LogP contribution in [0, 0.1) is 0 Å². The monoisotopic (exact) mass is 349 g/mol. The van der Waals surface area contributed by atoms with Crippen LogP contribution in [0.15, 0.2) is 47.5 Å². The Morgan fingerprint density at radius 1 is 1.21 bits per heavy atom. The van der Waals surface area contributed by atoms with Gasteiger partial charge in [-0.3, -0.25) is 0 Å². The van der Waals surface area contributed by atoms with E-state index in [1.165, 1.54) is 10.5 Å². The summed E-state index contributed by atoms with van der Waals surface area (Å²) in [5.74, 6) is 1.29. The van der Waals surface area contributed by atoms with Gasteiger partial charge in [0.05, 0.1) is 20.3 Å². The zero-order chi connectivity index (χ0) is 17.0. The molecule has 1 aliphatic heterocycles. The van der Waals surface area contributed by atoms with E-state index < -0.39 is 10.0 Å². The molecule has 0 spiro atoms. The van der Waals surface area contributed by atoms with E-state index in [0.717, 1.165) is 11.4 Å². The maximum Gasteiger partial charge on any atom is 0.244 e. The van der Waals surface area contributed by atoms with Crippen molar-refractivity contribution < 1.29 is 17.9 Å². The van der Waals surface area contributed by atoms with E-state index in [4.69, 9.17) is 9.47 Å². The maximum atomic E-state index is 12.5. The highest BCUT2D eigenvalue weighted by atomic mass is 32.2. The molecule has 0 bridgehead atoms. The first-order valence-corrected chi connectivity index (χ1v) is 8.98. The zero-order valence-corrected chi connectivity index (χ0v) is 14.1. The van der Waals surface area contributed by atoms with Gasteiger partial charge in [-0.2, -0.15) is 4.31 Å². The Bertz CT molecular complexity index is 787. The fourth-order valence-electron chi connectivity index (χ4n) is 2.39. The Morgan fingerprint density at radius 3 is 2.67 bits per heavy atom. The molecule has 3 rings (SSSR count). The number of hydrogen-bond donors (Lipinski definition) is 1. The van der Waals surface area contributed by atoms with Gasteiger partial charge in [-0.15, -0.1) is 0 Å². The van der Waals surface area contributed by atoms with E-state index in [-0.39, 0.29) is 4.90 Å². The third-order valence-corrected chi connectivity index (χ3v) is 5.57. The number of nitrogens with one attached hydrogen (secondary N) is 1. The van der Waals surface area contributed by atoms with Crippen molar-refractivity contribution in [3.63, 3.8) is 0 Å². The van der Waals surface area contributed by atoms with Crippen LogP contribution in [0.25, 0.3) is 0 Å². The number of morpholine rings is 1. The molecule has 1 aliphatic rings. The lowest BCUT2D eigenvalue weighted by Crippen LogP contribution is -2.40. The molecule has 128 valence electrons. The highest BCUT2D eigenvalue weighted by molar-refractivity contribution is 7.89. The van der Waals surface area contributed by atoms with Crippen molar-refractivity contribution in [2.75, 3.05) is 38.7 Å². The maximum absolute atomic E-state index is 12.5. The summed E-state index contributed by atoms with van der Waals surface area (Å²) < 4.78 is 36.8. The van der Waals surface area contributed by atoms with Crippen LogP contribution in [-0.2, 0) is 14.8 Å². The normalized spacial score (nSPS) is 15.9. The molecular weight excluding hydrogens is 330 g/mol. The lowest BCUT2D eigenvalue weighted by atomic mass is 10.3. The van der Waals surface area contributed by atoms with E-state index >= 15 is 0 Å². The molecule has 1 fully saturated rings. The van der Waals surface area contributed by atoms with Crippen molar-refractivity contribution >= 4 is 21.5 Å².